The smallest absolute Gasteiger partial charge is 0.259 e. The number of rotatable bonds is 8. The molecule has 0 saturated heterocycles. The summed E-state index contributed by atoms with van der Waals surface area (Å²) in [7, 11) is 0. The number of halogens is 1. The Morgan fingerprint density at radius 3 is 2.81 bits per heavy atom. The zero-order valence-corrected chi connectivity index (χ0v) is 17.9. The van der Waals surface area contributed by atoms with Crippen LogP contribution < -0.4 is 5.32 Å². The Morgan fingerprint density at radius 1 is 1.31 bits per heavy atom. The van der Waals surface area contributed by atoms with Gasteiger partial charge in [0.15, 0.2) is 5.82 Å². The van der Waals surface area contributed by atoms with E-state index in [4.69, 9.17) is 0 Å². The number of amides is 1. The lowest BCUT2D eigenvalue weighted by molar-refractivity contribution is -0.119. The maximum atomic E-state index is 14.6. The molecule has 2 aromatic heterocycles. The third-order valence-corrected chi connectivity index (χ3v) is 5.60. The summed E-state index contributed by atoms with van der Waals surface area (Å²) < 4.78 is 16.2. The second-order valence-corrected chi connectivity index (χ2v) is 8.13. The summed E-state index contributed by atoms with van der Waals surface area (Å²) in [6.07, 6.45) is 3.50. The van der Waals surface area contributed by atoms with Crippen molar-refractivity contribution in [3.8, 4) is 11.5 Å². The number of aromatic nitrogens is 4. The number of nitrogens with one attached hydrogen (secondary N) is 1. The van der Waals surface area contributed by atoms with Gasteiger partial charge in [0.25, 0.3) is 5.91 Å². The Labute approximate surface area is 184 Å². The lowest BCUT2D eigenvalue weighted by atomic mass is 9.98. The first-order valence-corrected chi connectivity index (χ1v) is 10.5. The van der Waals surface area contributed by atoms with Crippen LogP contribution in [0.5, 0.6) is 0 Å². The van der Waals surface area contributed by atoms with Crippen molar-refractivity contribution < 1.29 is 19.1 Å². The molecule has 1 aromatic carbocycles. The molecule has 0 radical (unpaired) electrons. The maximum Gasteiger partial charge on any atom is 0.259 e. The van der Waals surface area contributed by atoms with Crippen molar-refractivity contribution in [2.24, 2.45) is 5.92 Å². The lowest BCUT2D eigenvalue weighted by Crippen LogP contribution is -2.17. The molecule has 0 spiro atoms. The van der Waals surface area contributed by atoms with Gasteiger partial charge in [0.2, 0.25) is 0 Å². The SMILES string of the molecule is Cc1cc(F)c(C(=O)Nc2cccc(-c3nncn3[C@H](C)CO)n2)cc1CC(=O)C1CC1. The van der Waals surface area contributed by atoms with Gasteiger partial charge >= 0.3 is 0 Å². The molecule has 1 atom stereocenters. The highest BCUT2D eigenvalue weighted by Gasteiger charge is 2.30. The van der Waals surface area contributed by atoms with Gasteiger partial charge in [0, 0.05) is 12.3 Å². The minimum atomic E-state index is -0.657. The molecule has 1 amide bonds. The minimum Gasteiger partial charge on any atom is -0.394 e. The van der Waals surface area contributed by atoms with E-state index in [1.54, 1.807) is 29.7 Å². The number of hydrogen-bond acceptors (Lipinski definition) is 6. The summed E-state index contributed by atoms with van der Waals surface area (Å²) in [5.41, 5.74) is 1.60. The van der Waals surface area contributed by atoms with Crippen LogP contribution in [-0.2, 0) is 11.2 Å². The molecule has 0 aliphatic heterocycles. The second-order valence-electron chi connectivity index (χ2n) is 8.13. The van der Waals surface area contributed by atoms with Crippen LogP contribution in [0.25, 0.3) is 11.5 Å². The highest BCUT2D eigenvalue weighted by molar-refractivity contribution is 6.04. The number of aliphatic hydroxyl groups excluding tert-OH is 1. The molecule has 9 heteroatoms. The predicted octanol–water partition coefficient (Wildman–Crippen LogP) is 3.11. The summed E-state index contributed by atoms with van der Waals surface area (Å²) in [6.45, 7) is 3.44. The van der Waals surface area contributed by atoms with E-state index in [-0.39, 0.29) is 42.2 Å². The van der Waals surface area contributed by atoms with E-state index < -0.39 is 11.7 Å². The molecule has 1 aliphatic rings. The van der Waals surface area contributed by atoms with Crippen LogP contribution in [0.15, 0.2) is 36.7 Å². The molecular formula is C23H24FN5O3. The van der Waals surface area contributed by atoms with Crippen molar-refractivity contribution in [3.63, 3.8) is 0 Å². The van der Waals surface area contributed by atoms with E-state index in [9.17, 15) is 19.1 Å². The Kier molecular flexibility index (Phi) is 6.09. The number of carbonyl (C=O) groups is 2. The Balaban J connectivity index is 1.56. The largest absolute Gasteiger partial charge is 0.394 e. The van der Waals surface area contributed by atoms with Gasteiger partial charge in [-0.05, 0) is 62.1 Å². The molecule has 1 saturated carbocycles. The van der Waals surface area contributed by atoms with Crippen LogP contribution in [0, 0.1) is 18.7 Å². The molecule has 4 rings (SSSR count). The van der Waals surface area contributed by atoms with Crippen LogP contribution >= 0.6 is 0 Å². The van der Waals surface area contributed by atoms with Gasteiger partial charge < -0.3 is 15.0 Å². The number of aryl methyl sites for hydroxylation is 1. The molecule has 8 nitrogen and oxygen atoms in total. The third-order valence-electron chi connectivity index (χ3n) is 5.60. The summed E-state index contributed by atoms with van der Waals surface area (Å²) in [4.78, 5) is 29.4. The number of aliphatic hydroxyl groups is 1. The average molecular weight is 437 g/mol. The number of carbonyl (C=O) groups excluding carboxylic acids is 2. The van der Waals surface area contributed by atoms with Crippen molar-refractivity contribution in [2.45, 2.75) is 39.2 Å². The number of benzene rings is 1. The molecule has 2 N–H and O–H groups in total. The van der Waals surface area contributed by atoms with Gasteiger partial charge in [0.05, 0.1) is 18.2 Å². The maximum absolute atomic E-state index is 14.6. The zero-order chi connectivity index (χ0) is 22.8. The molecule has 0 unspecified atom stereocenters. The number of ketones is 1. The van der Waals surface area contributed by atoms with Crippen LogP contribution in [0.1, 0.15) is 47.3 Å². The lowest BCUT2D eigenvalue weighted by Gasteiger charge is -2.13. The van der Waals surface area contributed by atoms with E-state index in [1.807, 2.05) is 6.92 Å². The molecule has 1 aliphatic carbocycles. The number of pyridine rings is 1. The molecular weight excluding hydrogens is 413 g/mol. The Hall–Kier alpha value is -3.46. The normalized spacial score (nSPS) is 14.2. The first kappa shape index (κ1) is 21.8. The van der Waals surface area contributed by atoms with Crippen molar-refractivity contribution in [1.82, 2.24) is 19.7 Å². The topological polar surface area (TPSA) is 110 Å². The standard InChI is InChI=1S/C23H24FN5O3/c1-13-8-18(24)17(9-16(13)10-20(31)15-6-7-15)23(32)27-21-5-3-4-19(26-21)22-28-25-12-29(22)14(2)11-30/h3-5,8-9,12,14-15,30H,6-7,10-11H2,1-2H3,(H,26,27,32)/t14-/m1/s1. The van der Waals surface area contributed by atoms with Crippen LogP contribution in [0.3, 0.4) is 0 Å². The van der Waals surface area contributed by atoms with Crippen LogP contribution in [0.2, 0.25) is 0 Å². The van der Waals surface area contributed by atoms with Gasteiger partial charge in [-0.1, -0.05) is 6.07 Å². The van der Waals surface area contributed by atoms with Crippen molar-refractivity contribution >= 4 is 17.5 Å². The van der Waals surface area contributed by atoms with Crippen molar-refractivity contribution in [2.75, 3.05) is 11.9 Å². The average Bonchev–Trinajstić information content (AvgIpc) is 3.51. The van der Waals surface area contributed by atoms with Gasteiger partial charge in [0.1, 0.15) is 29.4 Å². The molecule has 3 aromatic rings. The highest BCUT2D eigenvalue weighted by Crippen LogP contribution is 2.31. The third kappa shape index (κ3) is 4.57. The van der Waals surface area contributed by atoms with Crippen LogP contribution in [-0.4, -0.2) is 43.2 Å². The highest BCUT2D eigenvalue weighted by atomic mass is 19.1. The molecule has 1 fully saturated rings. The summed E-state index contributed by atoms with van der Waals surface area (Å²) in [5, 5.41) is 20.0. The molecule has 166 valence electrons. The van der Waals surface area contributed by atoms with Gasteiger partial charge in [-0.2, -0.15) is 0 Å². The summed E-state index contributed by atoms with van der Waals surface area (Å²) >= 11 is 0. The van der Waals surface area contributed by atoms with Gasteiger partial charge in [-0.25, -0.2) is 9.37 Å². The molecule has 0 bridgehead atoms. The van der Waals surface area contributed by atoms with Gasteiger partial charge in [-0.3, -0.25) is 9.59 Å². The van der Waals surface area contributed by atoms with E-state index in [0.29, 0.717) is 22.6 Å². The van der Waals surface area contributed by atoms with Crippen LogP contribution in [0.4, 0.5) is 10.2 Å². The first-order valence-electron chi connectivity index (χ1n) is 10.5. The number of Topliss-reactive ketones (excluding diaryl/α,β-unsaturated/α-hetero) is 1. The fraction of sp³-hybridized carbons (Fsp3) is 0.348. The molecule has 2 heterocycles. The minimum absolute atomic E-state index is 0.0965. The zero-order valence-electron chi connectivity index (χ0n) is 17.9. The number of nitrogens with zero attached hydrogens (tertiary/aromatic N) is 4. The number of anilines is 1. The van der Waals surface area contributed by atoms with E-state index in [1.165, 1.54) is 18.5 Å². The first-order chi connectivity index (χ1) is 15.4. The fourth-order valence-electron chi connectivity index (χ4n) is 3.47. The monoisotopic (exact) mass is 437 g/mol. The van der Waals surface area contributed by atoms with Crippen molar-refractivity contribution in [1.29, 1.82) is 0 Å². The second kappa shape index (κ2) is 8.96. The molecule has 32 heavy (non-hydrogen) atoms. The van der Waals surface area contributed by atoms with E-state index in [2.05, 4.69) is 20.5 Å². The van der Waals surface area contributed by atoms with Crippen molar-refractivity contribution in [3.05, 3.63) is 59.2 Å². The van der Waals surface area contributed by atoms with E-state index >= 15 is 0 Å². The summed E-state index contributed by atoms with van der Waals surface area (Å²) in [6, 6.07) is 7.45. The fourth-order valence-corrected chi connectivity index (χ4v) is 3.47. The predicted molar refractivity (Wildman–Crippen MR) is 116 cm³/mol. The van der Waals surface area contributed by atoms with Gasteiger partial charge in [-0.15, -0.1) is 10.2 Å². The Bertz CT molecular complexity index is 1170. The van der Waals surface area contributed by atoms with E-state index in [0.717, 1.165) is 12.8 Å². The summed E-state index contributed by atoms with van der Waals surface area (Å²) in [5.74, 6) is -0.437. The number of hydrogen-bond donors (Lipinski definition) is 2. The Morgan fingerprint density at radius 2 is 2.09 bits per heavy atom. The quantitative estimate of drug-likeness (QED) is 0.560.